The number of rotatable bonds is 4. The number of carbonyl (C=O) groups excluding carboxylic acids is 1. The summed E-state index contributed by atoms with van der Waals surface area (Å²) in [6, 6.07) is 10.4. The lowest BCUT2D eigenvalue weighted by Gasteiger charge is -2.12. The predicted octanol–water partition coefficient (Wildman–Crippen LogP) is 4.51. The van der Waals surface area contributed by atoms with Gasteiger partial charge in [-0.2, -0.15) is 0 Å². The third kappa shape index (κ3) is 3.01. The lowest BCUT2D eigenvalue weighted by Crippen LogP contribution is -2.13. The molecule has 0 saturated heterocycles. The first-order valence-electron chi connectivity index (χ1n) is 8.54. The highest BCUT2D eigenvalue weighted by molar-refractivity contribution is 6.30. The molecule has 0 N–H and O–H groups in total. The van der Waals surface area contributed by atoms with Gasteiger partial charge in [0.1, 0.15) is 11.3 Å². The maximum absolute atomic E-state index is 12.4. The highest BCUT2D eigenvalue weighted by Crippen LogP contribution is 2.35. The van der Waals surface area contributed by atoms with E-state index in [4.69, 9.17) is 20.8 Å². The van der Waals surface area contributed by atoms with E-state index >= 15 is 0 Å². The van der Waals surface area contributed by atoms with Crippen LogP contribution in [0.15, 0.2) is 45.6 Å². The molecule has 0 bridgehead atoms. The minimum atomic E-state index is -0.265. The topological polar surface area (TPSA) is 56.5 Å². The number of Topliss-reactive ketones (excluding diaryl/α,β-unsaturated/α-hetero) is 1. The molecule has 1 heterocycles. The van der Waals surface area contributed by atoms with E-state index in [1.54, 1.807) is 24.3 Å². The molecule has 0 atom stereocenters. The van der Waals surface area contributed by atoms with Gasteiger partial charge >= 0.3 is 5.63 Å². The fourth-order valence-corrected chi connectivity index (χ4v) is 3.61. The van der Waals surface area contributed by atoms with E-state index < -0.39 is 0 Å². The molecule has 4 nitrogen and oxygen atoms in total. The van der Waals surface area contributed by atoms with E-state index in [1.165, 1.54) is 0 Å². The third-order valence-corrected chi connectivity index (χ3v) is 4.96. The molecule has 2 aromatic carbocycles. The number of aryl methyl sites for hydroxylation is 2. The SMILES string of the molecule is Cc1cc(OCC(=O)c2ccc(Cl)cc2)c2c3c(c(=O)oc2c1)CCC3. The summed E-state index contributed by atoms with van der Waals surface area (Å²) in [6.45, 7) is 1.81. The van der Waals surface area contributed by atoms with Gasteiger partial charge in [0, 0.05) is 16.1 Å². The number of benzene rings is 2. The van der Waals surface area contributed by atoms with E-state index in [9.17, 15) is 9.59 Å². The van der Waals surface area contributed by atoms with Gasteiger partial charge in [-0.05, 0) is 73.7 Å². The summed E-state index contributed by atoms with van der Waals surface area (Å²) in [6.07, 6.45) is 2.48. The number of fused-ring (bicyclic) bond motifs is 3. The Morgan fingerprint density at radius 3 is 2.65 bits per heavy atom. The van der Waals surface area contributed by atoms with Crippen molar-refractivity contribution in [3.05, 3.63) is 74.1 Å². The van der Waals surface area contributed by atoms with E-state index in [2.05, 4.69) is 0 Å². The second-order valence-corrected chi connectivity index (χ2v) is 6.99. The van der Waals surface area contributed by atoms with Crippen LogP contribution >= 0.6 is 11.6 Å². The van der Waals surface area contributed by atoms with Gasteiger partial charge in [0.2, 0.25) is 0 Å². The second kappa shape index (κ2) is 6.61. The van der Waals surface area contributed by atoms with Crippen molar-refractivity contribution in [3.8, 4) is 5.75 Å². The Morgan fingerprint density at radius 2 is 1.88 bits per heavy atom. The molecule has 0 unspecified atom stereocenters. The Morgan fingerprint density at radius 1 is 1.15 bits per heavy atom. The van der Waals surface area contributed by atoms with Crippen molar-refractivity contribution in [3.63, 3.8) is 0 Å². The molecule has 0 saturated carbocycles. The van der Waals surface area contributed by atoms with Gasteiger partial charge < -0.3 is 9.15 Å². The zero-order valence-corrected chi connectivity index (χ0v) is 15.1. The number of ether oxygens (including phenoxy) is 1. The van der Waals surface area contributed by atoms with Crippen molar-refractivity contribution in [2.75, 3.05) is 6.61 Å². The number of hydrogen-bond donors (Lipinski definition) is 0. The highest BCUT2D eigenvalue weighted by Gasteiger charge is 2.22. The summed E-state index contributed by atoms with van der Waals surface area (Å²) in [7, 11) is 0. The van der Waals surface area contributed by atoms with Crippen LogP contribution in [0, 0.1) is 6.92 Å². The average molecular weight is 369 g/mol. The molecule has 1 aromatic heterocycles. The second-order valence-electron chi connectivity index (χ2n) is 6.56. The summed E-state index contributed by atoms with van der Waals surface area (Å²) in [5.74, 6) is 0.453. The lowest BCUT2D eigenvalue weighted by atomic mass is 10.0. The number of ketones is 1. The van der Waals surface area contributed by atoms with Crippen LogP contribution in [0.1, 0.15) is 33.5 Å². The molecule has 4 rings (SSSR count). The number of hydrogen-bond acceptors (Lipinski definition) is 4. The fraction of sp³-hybridized carbons (Fsp3) is 0.238. The van der Waals surface area contributed by atoms with Gasteiger partial charge in [0.15, 0.2) is 12.4 Å². The van der Waals surface area contributed by atoms with Gasteiger partial charge in [-0.3, -0.25) is 4.79 Å². The Bertz CT molecular complexity index is 1060. The molecule has 5 heteroatoms. The van der Waals surface area contributed by atoms with Crippen molar-refractivity contribution in [1.82, 2.24) is 0 Å². The van der Waals surface area contributed by atoms with E-state index in [0.717, 1.165) is 41.3 Å². The maximum atomic E-state index is 12.4. The Labute approximate surface area is 155 Å². The molecule has 0 radical (unpaired) electrons. The van der Waals surface area contributed by atoms with Crippen molar-refractivity contribution in [2.45, 2.75) is 26.2 Å². The summed E-state index contributed by atoms with van der Waals surface area (Å²) in [4.78, 5) is 24.6. The minimum absolute atomic E-state index is 0.0892. The molecule has 3 aromatic rings. The first kappa shape index (κ1) is 16.9. The van der Waals surface area contributed by atoms with Crippen LogP contribution in [0.4, 0.5) is 0 Å². The summed E-state index contributed by atoms with van der Waals surface area (Å²) in [5.41, 5.74) is 3.43. The van der Waals surface area contributed by atoms with Crippen molar-refractivity contribution >= 4 is 28.4 Å². The Hall–Kier alpha value is -2.59. The van der Waals surface area contributed by atoms with Crippen molar-refractivity contribution in [1.29, 1.82) is 0 Å². The lowest BCUT2D eigenvalue weighted by molar-refractivity contribution is 0.0922. The minimum Gasteiger partial charge on any atom is -0.485 e. The van der Waals surface area contributed by atoms with Gasteiger partial charge in [-0.25, -0.2) is 4.79 Å². The van der Waals surface area contributed by atoms with Crippen LogP contribution in [0.3, 0.4) is 0 Å². The quantitative estimate of drug-likeness (QED) is 0.502. The molecule has 0 amide bonds. The van der Waals surface area contributed by atoms with Crippen molar-refractivity contribution < 1.29 is 13.9 Å². The van der Waals surface area contributed by atoms with Crippen LogP contribution in [0.25, 0.3) is 11.0 Å². The number of carbonyl (C=O) groups is 1. The maximum Gasteiger partial charge on any atom is 0.339 e. The first-order valence-corrected chi connectivity index (χ1v) is 8.91. The molecule has 1 aliphatic carbocycles. The normalized spacial score (nSPS) is 13.0. The predicted molar refractivity (Wildman–Crippen MR) is 101 cm³/mol. The number of halogens is 1. The smallest absolute Gasteiger partial charge is 0.339 e. The van der Waals surface area contributed by atoms with Crippen LogP contribution in [-0.4, -0.2) is 12.4 Å². The Balaban J connectivity index is 1.70. The molecule has 132 valence electrons. The molecule has 0 aliphatic heterocycles. The molecule has 26 heavy (non-hydrogen) atoms. The first-order chi connectivity index (χ1) is 12.5. The molecular formula is C21H17ClO4. The molecule has 0 spiro atoms. The van der Waals surface area contributed by atoms with Gasteiger partial charge in [0.25, 0.3) is 0 Å². The van der Waals surface area contributed by atoms with Gasteiger partial charge in [-0.15, -0.1) is 0 Å². The average Bonchev–Trinajstić information content (AvgIpc) is 3.10. The monoisotopic (exact) mass is 368 g/mol. The fourth-order valence-electron chi connectivity index (χ4n) is 3.48. The zero-order valence-electron chi connectivity index (χ0n) is 14.3. The summed E-state index contributed by atoms with van der Waals surface area (Å²) >= 11 is 5.86. The van der Waals surface area contributed by atoms with Gasteiger partial charge in [-0.1, -0.05) is 11.6 Å². The van der Waals surface area contributed by atoms with Crippen LogP contribution in [0.5, 0.6) is 5.75 Å². The summed E-state index contributed by atoms with van der Waals surface area (Å²) in [5, 5.41) is 1.39. The van der Waals surface area contributed by atoms with E-state index in [0.29, 0.717) is 21.9 Å². The molecule has 1 aliphatic rings. The molecular weight excluding hydrogens is 352 g/mol. The highest BCUT2D eigenvalue weighted by atomic mass is 35.5. The van der Waals surface area contributed by atoms with E-state index in [-0.39, 0.29) is 18.0 Å². The van der Waals surface area contributed by atoms with Crippen LogP contribution in [-0.2, 0) is 12.8 Å². The van der Waals surface area contributed by atoms with Crippen LogP contribution < -0.4 is 10.4 Å². The Kier molecular flexibility index (Phi) is 4.29. The van der Waals surface area contributed by atoms with Gasteiger partial charge in [0.05, 0.1) is 5.39 Å². The standard InChI is InChI=1S/C21H17ClO4/c1-12-9-18(25-11-17(23)13-5-7-14(22)8-6-13)20-15-3-2-4-16(15)21(24)26-19(20)10-12/h5-10H,2-4,11H2,1H3. The van der Waals surface area contributed by atoms with Crippen molar-refractivity contribution in [2.24, 2.45) is 0 Å². The zero-order chi connectivity index (χ0) is 18.3. The third-order valence-electron chi connectivity index (χ3n) is 4.70. The van der Waals surface area contributed by atoms with E-state index in [1.807, 2.05) is 19.1 Å². The molecule has 0 fully saturated rings. The largest absolute Gasteiger partial charge is 0.485 e. The summed E-state index contributed by atoms with van der Waals surface area (Å²) < 4.78 is 11.4. The van der Waals surface area contributed by atoms with Crippen LogP contribution in [0.2, 0.25) is 5.02 Å².